The average molecular weight is 509 g/mol. The van der Waals surface area contributed by atoms with Crippen molar-refractivity contribution in [1.82, 2.24) is 9.88 Å². The maximum atomic E-state index is 13.9. The van der Waals surface area contributed by atoms with E-state index in [9.17, 15) is 4.79 Å². The van der Waals surface area contributed by atoms with Crippen LogP contribution in [0.1, 0.15) is 12.5 Å². The second-order valence-corrected chi connectivity index (χ2v) is 10.5. The van der Waals surface area contributed by atoms with Crippen molar-refractivity contribution in [1.29, 1.82) is 0 Å². The van der Waals surface area contributed by atoms with E-state index < -0.39 is 0 Å². The molecular weight excluding hydrogens is 484 g/mol. The highest BCUT2D eigenvalue weighted by Crippen LogP contribution is 2.50. The molecule has 0 bridgehead atoms. The molecule has 36 heavy (non-hydrogen) atoms. The molecule has 2 aliphatic heterocycles. The summed E-state index contributed by atoms with van der Waals surface area (Å²) in [6.07, 6.45) is 2.55. The lowest BCUT2D eigenvalue weighted by Gasteiger charge is -2.19. The van der Waals surface area contributed by atoms with Gasteiger partial charge in [0.2, 0.25) is 0 Å². The van der Waals surface area contributed by atoms with Crippen LogP contribution in [0, 0.1) is 0 Å². The van der Waals surface area contributed by atoms with Crippen molar-refractivity contribution in [3.8, 4) is 0 Å². The molecule has 3 aromatic carbocycles. The van der Waals surface area contributed by atoms with E-state index >= 15 is 0 Å². The summed E-state index contributed by atoms with van der Waals surface area (Å²) in [7, 11) is 0. The van der Waals surface area contributed by atoms with E-state index in [0.29, 0.717) is 11.7 Å². The highest BCUT2D eigenvalue weighted by molar-refractivity contribution is 8.19. The Hall–Kier alpha value is -3.55. The summed E-state index contributed by atoms with van der Waals surface area (Å²) in [4.78, 5) is 29.4. The number of aromatic nitrogens is 1. The zero-order valence-corrected chi connectivity index (χ0v) is 21.4. The van der Waals surface area contributed by atoms with Crippen LogP contribution in [0.2, 0.25) is 0 Å². The minimum Gasteiger partial charge on any atom is -0.334 e. The summed E-state index contributed by atoms with van der Waals surface area (Å²) < 4.78 is 0. The predicted molar refractivity (Wildman–Crippen MR) is 151 cm³/mol. The van der Waals surface area contributed by atoms with Gasteiger partial charge in [-0.15, -0.1) is 0 Å². The zero-order valence-electron chi connectivity index (χ0n) is 19.8. The van der Waals surface area contributed by atoms with Crippen LogP contribution in [0.4, 0.5) is 11.4 Å². The summed E-state index contributed by atoms with van der Waals surface area (Å²) in [6, 6.07) is 28.5. The van der Waals surface area contributed by atoms with Crippen LogP contribution in [0.15, 0.2) is 111 Å². The number of aliphatic imine (C=N–C) groups is 1. The second kappa shape index (κ2) is 9.84. The third-order valence-electron chi connectivity index (χ3n) is 6.29. The standard InChI is InChI=1S/C29H24N4OS2/c1-2-32-24-15-6-7-16-25(24)35-28(32)26-27(34)33(19-17-20-10-4-3-5-11-20)29(36-26)31-23-14-8-13-22-21(23)12-9-18-30-22/h3-16,18H,2,17,19H2,1H3. The number of amides is 1. The van der Waals surface area contributed by atoms with Crippen LogP contribution in [-0.2, 0) is 11.2 Å². The quantitative estimate of drug-likeness (QED) is 0.276. The number of fused-ring (bicyclic) bond motifs is 2. The molecule has 4 aromatic rings. The van der Waals surface area contributed by atoms with Crippen LogP contribution < -0.4 is 4.90 Å². The minimum atomic E-state index is 0.0156. The van der Waals surface area contributed by atoms with Crippen molar-refractivity contribution < 1.29 is 4.79 Å². The Morgan fingerprint density at radius 2 is 1.69 bits per heavy atom. The van der Waals surface area contributed by atoms with Crippen LogP contribution in [0.25, 0.3) is 10.9 Å². The van der Waals surface area contributed by atoms with Crippen LogP contribution in [0.3, 0.4) is 0 Å². The van der Waals surface area contributed by atoms with Crippen LogP contribution >= 0.6 is 23.5 Å². The summed E-state index contributed by atoms with van der Waals surface area (Å²) in [5, 5.41) is 2.67. The molecule has 0 spiro atoms. The van der Waals surface area contributed by atoms with Gasteiger partial charge in [0.05, 0.1) is 16.9 Å². The lowest BCUT2D eigenvalue weighted by Crippen LogP contribution is -2.32. The highest BCUT2D eigenvalue weighted by atomic mass is 32.2. The topological polar surface area (TPSA) is 48.8 Å². The fourth-order valence-corrected chi connectivity index (χ4v) is 6.92. The number of carbonyl (C=O) groups is 1. The molecule has 3 heterocycles. The van der Waals surface area contributed by atoms with E-state index in [1.54, 1.807) is 18.0 Å². The smallest absolute Gasteiger partial charge is 0.269 e. The number of para-hydroxylation sites is 1. The fraction of sp³-hybridized carbons (Fsp3) is 0.138. The monoisotopic (exact) mass is 508 g/mol. The summed E-state index contributed by atoms with van der Waals surface area (Å²) in [5.41, 5.74) is 4.06. The molecule has 0 atom stereocenters. The first-order valence-electron chi connectivity index (χ1n) is 12.0. The molecule has 1 amide bonds. The molecule has 0 radical (unpaired) electrons. The van der Waals surface area contributed by atoms with E-state index in [-0.39, 0.29) is 5.91 Å². The Labute approximate surface area is 218 Å². The van der Waals surface area contributed by atoms with Gasteiger partial charge in [-0.1, -0.05) is 60.3 Å². The van der Waals surface area contributed by atoms with Gasteiger partial charge in [0, 0.05) is 29.6 Å². The molecule has 1 saturated heterocycles. The van der Waals surface area contributed by atoms with E-state index in [1.165, 1.54) is 22.2 Å². The van der Waals surface area contributed by atoms with Crippen molar-refractivity contribution in [2.24, 2.45) is 4.99 Å². The lowest BCUT2D eigenvalue weighted by atomic mass is 10.1. The molecule has 7 heteroatoms. The lowest BCUT2D eigenvalue weighted by molar-refractivity contribution is -0.122. The average Bonchev–Trinajstić information content (AvgIpc) is 3.45. The van der Waals surface area contributed by atoms with Crippen molar-refractivity contribution in [2.75, 3.05) is 18.0 Å². The zero-order chi connectivity index (χ0) is 24.5. The number of carbonyl (C=O) groups excluding carboxylic acids is 1. The molecule has 178 valence electrons. The number of nitrogens with zero attached hydrogens (tertiary/aromatic N) is 4. The van der Waals surface area contributed by atoms with E-state index in [4.69, 9.17) is 4.99 Å². The van der Waals surface area contributed by atoms with Gasteiger partial charge >= 0.3 is 0 Å². The number of benzene rings is 3. The van der Waals surface area contributed by atoms with Crippen molar-refractivity contribution in [3.63, 3.8) is 0 Å². The first kappa shape index (κ1) is 22.9. The van der Waals surface area contributed by atoms with Gasteiger partial charge in [0.25, 0.3) is 5.91 Å². The molecule has 1 aromatic heterocycles. The molecule has 0 unspecified atom stereocenters. The fourth-order valence-electron chi connectivity index (χ4n) is 4.51. The molecule has 1 fully saturated rings. The summed E-state index contributed by atoms with van der Waals surface area (Å²) >= 11 is 3.14. The number of amidine groups is 1. The Morgan fingerprint density at radius 1 is 0.861 bits per heavy atom. The van der Waals surface area contributed by atoms with Gasteiger partial charge in [0.1, 0.15) is 9.93 Å². The molecule has 5 nitrogen and oxygen atoms in total. The van der Waals surface area contributed by atoms with Gasteiger partial charge in [-0.2, -0.15) is 0 Å². The Morgan fingerprint density at radius 3 is 2.56 bits per heavy atom. The van der Waals surface area contributed by atoms with E-state index in [1.807, 2.05) is 65.6 Å². The number of rotatable bonds is 5. The summed E-state index contributed by atoms with van der Waals surface area (Å²) in [6.45, 7) is 3.49. The van der Waals surface area contributed by atoms with Gasteiger partial charge in [-0.3, -0.25) is 14.7 Å². The SMILES string of the molecule is CCN1C(=C2SC(=Nc3cccc4ncccc34)N(CCc3ccccc3)C2=O)Sc2ccccc21. The van der Waals surface area contributed by atoms with Crippen molar-refractivity contribution in [2.45, 2.75) is 18.2 Å². The van der Waals surface area contributed by atoms with Gasteiger partial charge in [-0.05, 0) is 67.1 Å². The van der Waals surface area contributed by atoms with Crippen LogP contribution in [-0.4, -0.2) is 34.0 Å². The predicted octanol–water partition coefficient (Wildman–Crippen LogP) is 6.84. The maximum absolute atomic E-state index is 13.9. The third-order valence-corrected chi connectivity index (χ3v) is 8.67. The number of hydrogen-bond acceptors (Lipinski definition) is 6. The molecule has 0 saturated carbocycles. The highest BCUT2D eigenvalue weighted by Gasteiger charge is 2.39. The van der Waals surface area contributed by atoms with Gasteiger partial charge in [0.15, 0.2) is 5.17 Å². The minimum absolute atomic E-state index is 0.0156. The first-order chi connectivity index (χ1) is 17.7. The van der Waals surface area contributed by atoms with Gasteiger partial charge in [-0.25, -0.2) is 4.99 Å². The Bertz CT molecular complexity index is 1510. The molecule has 0 N–H and O–H groups in total. The maximum Gasteiger partial charge on any atom is 0.269 e. The third kappa shape index (κ3) is 4.18. The summed E-state index contributed by atoms with van der Waals surface area (Å²) in [5.74, 6) is 0.0156. The van der Waals surface area contributed by atoms with E-state index in [0.717, 1.165) is 45.2 Å². The number of pyridine rings is 1. The number of thioether (sulfide) groups is 2. The van der Waals surface area contributed by atoms with Crippen LogP contribution in [0.5, 0.6) is 0 Å². The second-order valence-electron chi connectivity index (χ2n) is 8.48. The van der Waals surface area contributed by atoms with E-state index in [2.05, 4.69) is 41.1 Å². The number of anilines is 1. The Kier molecular flexibility index (Phi) is 6.25. The molecule has 0 aliphatic carbocycles. The largest absolute Gasteiger partial charge is 0.334 e. The molecule has 6 rings (SSSR count). The Balaban J connectivity index is 1.42. The van der Waals surface area contributed by atoms with Crippen molar-refractivity contribution >= 4 is 56.9 Å². The normalized spacial score (nSPS) is 18.5. The number of hydrogen-bond donors (Lipinski definition) is 0. The molecular formula is C29H24N4OS2. The van der Waals surface area contributed by atoms with Gasteiger partial charge < -0.3 is 4.90 Å². The first-order valence-corrected chi connectivity index (χ1v) is 13.6. The van der Waals surface area contributed by atoms with Crippen molar-refractivity contribution in [3.05, 3.63) is 107 Å². The molecule has 2 aliphatic rings.